The summed E-state index contributed by atoms with van der Waals surface area (Å²) >= 11 is 0. The van der Waals surface area contributed by atoms with Gasteiger partial charge in [0.05, 0.1) is 17.2 Å². The maximum atomic E-state index is 13.1. The predicted molar refractivity (Wildman–Crippen MR) is 124 cm³/mol. The Morgan fingerprint density at radius 2 is 1.79 bits per heavy atom. The van der Waals surface area contributed by atoms with E-state index in [-0.39, 0.29) is 23.2 Å². The fraction of sp³-hybridized carbons (Fsp3) is 0.185. The van der Waals surface area contributed by atoms with E-state index in [1.807, 2.05) is 19.1 Å². The third kappa shape index (κ3) is 3.04. The minimum absolute atomic E-state index is 0.0181. The molecule has 0 fully saturated rings. The first kappa shape index (κ1) is 21.6. The zero-order valence-electron chi connectivity index (χ0n) is 18.7. The van der Waals surface area contributed by atoms with Gasteiger partial charge in [-0.25, -0.2) is 4.79 Å². The van der Waals surface area contributed by atoms with Gasteiger partial charge in [-0.05, 0) is 43.2 Å². The lowest BCUT2D eigenvalue weighted by Crippen LogP contribution is -2.37. The van der Waals surface area contributed by atoms with E-state index in [0.29, 0.717) is 45.6 Å². The van der Waals surface area contributed by atoms with Gasteiger partial charge in [-0.1, -0.05) is 31.7 Å². The van der Waals surface area contributed by atoms with Crippen LogP contribution >= 0.6 is 0 Å². The number of rotatable bonds is 4. The fourth-order valence-electron chi connectivity index (χ4n) is 4.78. The summed E-state index contributed by atoms with van der Waals surface area (Å²) in [4.78, 5) is 25.6. The van der Waals surface area contributed by atoms with Crippen molar-refractivity contribution in [3.63, 3.8) is 0 Å². The van der Waals surface area contributed by atoms with Crippen LogP contribution in [0.5, 0.6) is 23.0 Å². The summed E-state index contributed by atoms with van der Waals surface area (Å²) in [5.74, 6) is -0.360. The maximum Gasteiger partial charge on any atom is 0.340 e. The molecule has 2 aliphatic rings. The van der Waals surface area contributed by atoms with Crippen LogP contribution in [0.25, 0.3) is 0 Å². The first-order valence-electron chi connectivity index (χ1n) is 10.9. The Morgan fingerprint density at radius 3 is 2.53 bits per heavy atom. The number of carbonyl (C=O) groups excluding carboxylic acids is 2. The van der Waals surface area contributed by atoms with Gasteiger partial charge in [-0.15, -0.1) is 0 Å². The molecule has 172 valence electrons. The number of esters is 1. The molecule has 5 rings (SSSR count). The van der Waals surface area contributed by atoms with Gasteiger partial charge in [0.1, 0.15) is 23.0 Å². The molecule has 3 aromatic carbocycles. The number of fused-ring (bicyclic) bond motifs is 6. The Morgan fingerprint density at radius 1 is 1.06 bits per heavy atom. The monoisotopic (exact) mass is 457 g/mol. The van der Waals surface area contributed by atoms with Crippen molar-refractivity contribution in [1.29, 1.82) is 0 Å². The quantitative estimate of drug-likeness (QED) is 0.384. The van der Waals surface area contributed by atoms with Crippen LogP contribution in [0.3, 0.4) is 0 Å². The summed E-state index contributed by atoms with van der Waals surface area (Å²) in [6, 6.07) is 14.2. The maximum absolute atomic E-state index is 13.1. The molecule has 2 atom stereocenters. The van der Waals surface area contributed by atoms with Gasteiger partial charge in [-0.3, -0.25) is 4.79 Å². The molecule has 3 aromatic rings. The number of benzene rings is 3. The lowest BCUT2D eigenvalue weighted by molar-refractivity contribution is -0.118. The highest BCUT2D eigenvalue weighted by Gasteiger charge is 2.55. The third-order valence-electron chi connectivity index (χ3n) is 6.28. The van der Waals surface area contributed by atoms with E-state index in [2.05, 4.69) is 11.9 Å². The molecule has 1 amide bonds. The highest BCUT2D eigenvalue weighted by molar-refractivity contribution is 5.97. The second-order valence-corrected chi connectivity index (χ2v) is 8.52. The number of ether oxygens (including phenoxy) is 2. The van der Waals surface area contributed by atoms with Crippen LogP contribution in [0.1, 0.15) is 58.9 Å². The number of hydrogen-bond donors (Lipinski definition) is 3. The number of nitrogens with one attached hydrogen (secondary N) is 1. The number of carbonyl (C=O) groups is 2. The summed E-state index contributed by atoms with van der Waals surface area (Å²) in [6.07, 6.45) is 0.489. The van der Waals surface area contributed by atoms with Gasteiger partial charge in [0.25, 0.3) is 0 Å². The molecule has 2 heterocycles. The lowest BCUT2D eigenvalue weighted by atomic mass is 9.74. The van der Waals surface area contributed by atoms with Crippen LogP contribution in [0.2, 0.25) is 0 Å². The van der Waals surface area contributed by atoms with Gasteiger partial charge >= 0.3 is 5.97 Å². The van der Waals surface area contributed by atoms with Gasteiger partial charge in [0, 0.05) is 28.8 Å². The van der Waals surface area contributed by atoms with Crippen molar-refractivity contribution in [2.24, 2.45) is 0 Å². The van der Waals surface area contributed by atoms with E-state index >= 15 is 0 Å². The van der Waals surface area contributed by atoms with Crippen LogP contribution in [-0.4, -0.2) is 22.1 Å². The SMILES string of the molecule is C=C(C)C(=O)NC(CC)c1cc(O)cc2c1C1(OC(=O)c3ccccc31)c1ccc(O)cc1O2. The predicted octanol–water partition coefficient (Wildman–Crippen LogP) is 4.81. The Hall–Kier alpha value is -4.26. The molecule has 7 nitrogen and oxygen atoms in total. The summed E-state index contributed by atoms with van der Waals surface area (Å²) in [6.45, 7) is 7.22. The Balaban J connectivity index is 1.85. The van der Waals surface area contributed by atoms with E-state index in [9.17, 15) is 19.8 Å². The first-order chi connectivity index (χ1) is 16.3. The zero-order valence-corrected chi connectivity index (χ0v) is 18.7. The molecule has 0 aromatic heterocycles. The number of hydrogen-bond acceptors (Lipinski definition) is 6. The second kappa shape index (κ2) is 7.66. The lowest BCUT2D eigenvalue weighted by Gasteiger charge is -2.39. The fourth-order valence-corrected chi connectivity index (χ4v) is 4.78. The van der Waals surface area contributed by atoms with Crippen molar-refractivity contribution < 1.29 is 29.3 Å². The molecule has 0 aliphatic carbocycles. The number of phenolic OH excluding ortho intramolecular Hbond substituents is 2. The molecular formula is C27H23NO6. The smallest absolute Gasteiger partial charge is 0.340 e. The highest BCUT2D eigenvalue weighted by atomic mass is 16.6. The molecule has 1 spiro atoms. The van der Waals surface area contributed by atoms with E-state index in [0.717, 1.165) is 0 Å². The highest BCUT2D eigenvalue weighted by Crippen LogP contribution is 2.58. The molecule has 7 heteroatoms. The minimum atomic E-state index is -1.39. The second-order valence-electron chi connectivity index (χ2n) is 8.52. The Labute approximate surface area is 196 Å². The number of amides is 1. The average Bonchev–Trinajstić information content (AvgIpc) is 3.09. The first-order valence-corrected chi connectivity index (χ1v) is 10.9. The topological polar surface area (TPSA) is 105 Å². The van der Waals surface area contributed by atoms with Crippen LogP contribution in [-0.2, 0) is 15.1 Å². The molecule has 2 unspecified atom stereocenters. The van der Waals surface area contributed by atoms with Gasteiger partial charge in [-0.2, -0.15) is 0 Å². The standard InChI is InChI=1S/C27H23NO6/c1-4-21(28-25(31)14(2)3)18-11-16(30)13-23-24(18)27(20-10-9-15(29)12-22(20)33-23)19-8-6-5-7-17(19)26(32)34-27/h5-13,21,29-30H,2,4H2,1,3H3,(H,28,31). The molecule has 0 bridgehead atoms. The number of aromatic hydroxyl groups is 2. The molecule has 0 saturated heterocycles. The Kier molecular flexibility index (Phi) is 4.86. The van der Waals surface area contributed by atoms with E-state index in [1.54, 1.807) is 31.2 Å². The summed E-state index contributed by atoms with van der Waals surface area (Å²) in [5, 5.41) is 23.6. The van der Waals surface area contributed by atoms with Crippen molar-refractivity contribution in [3.05, 3.63) is 94.6 Å². The van der Waals surface area contributed by atoms with Gasteiger partial charge in [0.15, 0.2) is 5.60 Å². The van der Waals surface area contributed by atoms with Crippen molar-refractivity contribution >= 4 is 11.9 Å². The van der Waals surface area contributed by atoms with Gasteiger partial charge < -0.3 is 25.0 Å². The van der Waals surface area contributed by atoms with Crippen LogP contribution in [0.4, 0.5) is 0 Å². The van der Waals surface area contributed by atoms with Gasteiger partial charge in [0.2, 0.25) is 5.91 Å². The third-order valence-corrected chi connectivity index (χ3v) is 6.28. The van der Waals surface area contributed by atoms with Crippen molar-refractivity contribution in [1.82, 2.24) is 5.32 Å². The van der Waals surface area contributed by atoms with Crippen molar-refractivity contribution in [2.45, 2.75) is 31.9 Å². The summed E-state index contributed by atoms with van der Waals surface area (Å²) in [5.41, 5.74) is 1.57. The van der Waals surface area contributed by atoms with E-state index < -0.39 is 17.6 Å². The van der Waals surface area contributed by atoms with Crippen LogP contribution in [0, 0.1) is 0 Å². The molecule has 2 aliphatic heterocycles. The Bertz CT molecular complexity index is 1380. The van der Waals surface area contributed by atoms with Crippen molar-refractivity contribution in [3.8, 4) is 23.0 Å². The molecule has 34 heavy (non-hydrogen) atoms. The van der Waals surface area contributed by atoms with Crippen LogP contribution in [0.15, 0.2) is 66.7 Å². The number of phenols is 2. The normalized spacial score (nSPS) is 18.2. The largest absolute Gasteiger partial charge is 0.508 e. The van der Waals surface area contributed by atoms with E-state index in [4.69, 9.17) is 9.47 Å². The summed E-state index contributed by atoms with van der Waals surface area (Å²) < 4.78 is 12.3. The van der Waals surface area contributed by atoms with Crippen molar-refractivity contribution in [2.75, 3.05) is 0 Å². The average molecular weight is 457 g/mol. The van der Waals surface area contributed by atoms with Crippen LogP contribution < -0.4 is 10.1 Å². The molecule has 0 radical (unpaired) electrons. The molecular weight excluding hydrogens is 434 g/mol. The molecule has 3 N–H and O–H groups in total. The summed E-state index contributed by atoms with van der Waals surface area (Å²) in [7, 11) is 0. The minimum Gasteiger partial charge on any atom is -0.508 e. The van der Waals surface area contributed by atoms with E-state index in [1.165, 1.54) is 18.2 Å². The zero-order chi connectivity index (χ0) is 24.2. The molecule has 0 saturated carbocycles.